The molecule has 0 aliphatic rings. The van der Waals surface area contributed by atoms with Crippen molar-refractivity contribution in [2.75, 3.05) is 6.54 Å². The van der Waals surface area contributed by atoms with E-state index in [1.54, 1.807) is 0 Å². The quantitative estimate of drug-likeness (QED) is 0.180. The van der Waals surface area contributed by atoms with Crippen LogP contribution in [0.25, 0.3) is 0 Å². The molecule has 2 aromatic rings. The van der Waals surface area contributed by atoms with E-state index in [1.165, 1.54) is 31.9 Å². The summed E-state index contributed by atoms with van der Waals surface area (Å²) in [4.78, 5) is 23.9. The third-order valence-corrected chi connectivity index (χ3v) is 5.55. The van der Waals surface area contributed by atoms with Gasteiger partial charge in [0.25, 0.3) is 5.91 Å². The van der Waals surface area contributed by atoms with Gasteiger partial charge in [-0.3, -0.25) is 9.59 Å². The van der Waals surface area contributed by atoms with Crippen LogP contribution in [0.1, 0.15) is 69.4 Å². The Morgan fingerprint density at radius 3 is 2.45 bits per heavy atom. The van der Waals surface area contributed by atoms with Crippen molar-refractivity contribution in [1.29, 1.82) is 0 Å². The van der Waals surface area contributed by atoms with Gasteiger partial charge in [-0.25, -0.2) is 5.43 Å². The summed E-state index contributed by atoms with van der Waals surface area (Å²) in [6.45, 7) is 2.54. The van der Waals surface area contributed by atoms with Crippen molar-refractivity contribution in [3.8, 4) is 5.75 Å². The molecular formula is C26H34BrN3O3. The first kappa shape index (κ1) is 26.6. The molecule has 0 radical (unpaired) electrons. The van der Waals surface area contributed by atoms with Crippen molar-refractivity contribution < 1.29 is 14.3 Å². The van der Waals surface area contributed by atoms with Crippen molar-refractivity contribution in [2.24, 2.45) is 5.10 Å². The summed E-state index contributed by atoms with van der Waals surface area (Å²) in [5.41, 5.74) is 4.23. The highest BCUT2D eigenvalue weighted by molar-refractivity contribution is 9.10. The van der Waals surface area contributed by atoms with E-state index < -0.39 is 0 Å². The Hall–Kier alpha value is -2.67. The predicted molar refractivity (Wildman–Crippen MR) is 136 cm³/mol. The molecule has 0 aliphatic heterocycles. The van der Waals surface area contributed by atoms with E-state index in [9.17, 15) is 9.59 Å². The van der Waals surface area contributed by atoms with Crippen LogP contribution in [-0.4, -0.2) is 24.6 Å². The van der Waals surface area contributed by atoms with Crippen LogP contribution in [0.5, 0.6) is 5.75 Å². The highest BCUT2D eigenvalue weighted by Gasteiger charge is 2.06. The molecule has 178 valence electrons. The van der Waals surface area contributed by atoms with E-state index in [0.29, 0.717) is 18.8 Å². The number of nitrogens with zero attached hydrogens (tertiary/aromatic N) is 1. The molecule has 7 heteroatoms. The third-order valence-electron chi connectivity index (χ3n) is 5.06. The molecule has 33 heavy (non-hydrogen) atoms. The van der Waals surface area contributed by atoms with Crippen molar-refractivity contribution in [2.45, 2.75) is 64.9 Å². The largest absolute Gasteiger partial charge is 0.488 e. The van der Waals surface area contributed by atoms with Gasteiger partial charge in [0.15, 0.2) is 0 Å². The first-order valence-corrected chi connectivity index (χ1v) is 12.4. The molecule has 0 atom stereocenters. The Kier molecular flexibility index (Phi) is 12.9. The molecular weight excluding hydrogens is 482 g/mol. The summed E-state index contributed by atoms with van der Waals surface area (Å²) in [5, 5.41) is 6.65. The Morgan fingerprint density at radius 1 is 0.970 bits per heavy atom. The molecule has 0 unspecified atom stereocenters. The number of hydrazone groups is 1. The molecule has 0 saturated heterocycles. The molecule has 2 rings (SSSR count). The van der Waals surface area contributed by atoms with Crippen molar-refractivity contribution >= 4 is 34.0 Å². The number of halogens is 1. The van der Waals surface area contributed by atoms with Gasteiger partial charge in [0.2, 0.25) is 5.91 Å². The zero-order valence-electron chi connectivity index (χ0n) is 19.3. The lowest BCUT2D eigenvalue weighted by Gasteiger charge is -2.10. The maximum atomic E-state index is 12.0. The maximum Gasteiger partial charge on any atom is 0.259 e. The van der Waals surface area contributed by atoms with Gasteiger partial charge in [0, 0.05) is 16.5 Å². The zero-order chi connectivity index (χ0) is 23.7. The number of amides is 2. The molecule has 0 heterocycles. The highest BCUT2D eigenvalue weighted by atomic mass is 79.9. The number of unbranched alkanes of at least 4 members (excludes halogenated alkanes) is 6. The normalized spacial score (nSPS) is 10.8. The summed E-state index contributed by atoms with van der Waals surface area (Å²) in [6.07, 6.45) is 10.1. The van der Waals surface area contributed by atoms with Crippen molar-refractivity contribution in [1.82, 2.24) is 10.7 Å². The molecule has 2 amide bonds. The summed E-state index contributed by atoms with van der Waals surface area (Å²) < 4.78 is 6.78. The molecule has 0 spiro atoms. The van der Waals surface area contributed by atoms with E-state index in [2.05, 4.69) is 38.7 Å². The minimum atomic E-state index is -0.374. The van der Waals surface area contributed by atoms with E-state index in [4.69, 9.17) is 4.74 Å². The van der Waals surface area contributed by atoms with E-state index in [-0.39, 0.29) is 18.4 Å². The maximum absolute atomic E-state index is 12.0. The molecule has 6 nitrogen and oxygen atoms in total. The summed E-state index contributed by atoms with van der Waals surface area (Å²) >= 11 is 3.44. The van der Waals surface area contributed by atoms with Gasteiger partial charge in [0.1, 0.15) is 12.4 Å². The van der Waals surface area contributed by atoms with Crippen molar-refractivity contribution in [3.05, 3.63) is 64.1 Å². The number of hydrogen-bond donors (Lipinski definition) is 2. The summed E-state index contributed by atoms with van der Waals surface area (Å²) in [6, 6.07) is 15.5. The minimum Gasteiger partial charge on any atom is -0.488 e. The fourth-order valence-corrected chi connectivity index (χ4v) is 3.59. The van der Waals surface area contributed by atoms with Crippen LogP contribution in [0.3, 0.4) is 0 Å². The Labute approximate surface area is 205 Å². The van der Waals surface area contributed by atoms with Gasteiger partial charge in [-0.2, -0.15) is 5.10 Å². The van der Waals surface area contributed by atoms with E-state index in [0.717, 1.165) is 34.9 Å². The molecule has 0 aliphatic carbocycles. The fraction of sp³-hybridized carbons (Fsp3) is 0.423. The lowest BCUT2D eigenvalue weighted by Crippen LogP contribution is -2.34. The van der Waals surface area contributed by atoms with Crippen LogP contribution in [0.15, 0.2) is 58.1 Å². The van der Waals surface area contributed by atoms with Gasteiger partial charge in [0.05, 0.1) is 12.8 Å². The Bertz CT molecular complexity index is 888. The third kappa shape index (κ3) is 11.7. The number of nitrogens with one attached hydrogen (secondary N) is 2. The molecule has 2 aromatic carbocycles. The smallest absolute Gasteiger partial charge is 0.259 e. The second-order valence-electron chi connectivity index (χ2n) is 7.90. The summed E-state index contributed by atoms with van der Waals surface area (Å²) in [7, 11) is 0. The number of rotatable bonds is 15. The Morgan fingerprint density at radius 2 is 1.70 bits per heavy atom. The topological polar surface area (TPSA) is 79.8 Å². The van der Waals surface area contributed by atoms with Gasteiger partial charge >= 0.3 is 0 Å². The average Bonchev–Trinajstić information content (AvgIpc) is 2.82. The molecule has 0 aromatic heterocycles. The second-order valence-corrected chi connectivity index (χ2v) is 8.81. The molecule has 0 bridgehead atoms. The van der Waals surface area contributed by atoms with Crippen LogP contribution < -0.4 is 15.5 Å². The highest BCUT2D eigenvalue weighted by Crippen LogP contribution is 2.22. The van der Waals surface area contributed by atoms with Gasteiger partial charge in [-0.1, -0.05) is 91.7 Å². The number of ether oxygens (including phenoxy) is 1. The lowest BCUT2D eigenvalue weighted by atomic mass is 10.1. The van der Waals surface area contributed by atoms with Gasteiger partial charge in [-0.05, 0) is 30.2 Å². The molecule has 0 fully saturated rings. The first-order valence-electron chi connectivity index (χ1n) is 11.6. The van der Waals surface area contributed by atoms with Gasteiger partial charge in [-0.15, -0.1) is 0 Å². The number of carbonyl (C=O) groups is 2. The van der Waals surface area contributed by atoms with Crippen molar-refractivity contribution in [3.63, 3.8) is 0 Å². The molecule has 2 N–H and O–H groups in total. The average molecular weight is 516 g/mol. The number of hydrogen-bond acceptors (Lipinski definition) is 4. The minimum absolute atomic E-state index is 0.0947. The van der Waals surface area contributed by atoms with E-state index in [1.807, 2.05) is 48.5 Å². The fourth-order valence-electron chi connectivity index (χ4n) is 3.21. The predicted octanol–water partition coefficient (Wildman–Crippen LogP) is 5.74. The van der Waals surface area contributed by atoms with Crippen LogP contribution in [0.2, 0.25) is 0 Å². The molecule has 0 saturated carbocycles. The first-order chi connectivity index (χ1) is 16.1. The Balaban J connectivity index is 1.70. The zero-order valence-corrected chi connectivity index (χ0v) is 20.9. The second kappa shape index (κ2) is 16.0. The lowest BCUT2D eigenvalue weighted by molar-refractivity contribution is -0.126. The summed E-state index contributed by atoms with van der Waals surface area (Å²) in [5.74, 6) is 0.176. The SMILES string of the molecule is CCCCCCCCCC(=O)NCC(=O)NN=Cc1cc(Br)ccc1OCc1ccccc1. The monoisotopic (exact) mass is 515 g/mol. The van der Waals surface area contributed by atoms with Crippen LogP contribution >= 0.6 is 15.9 Å². The van der Waals surface area contributed by atoms with Crippen LogP contribution in [-0.2, 0) is 16.2 Å². The van der Waals surface area contributed by atoms with Crippen LogP contribution in [0, 0.1) is 0 Å². The van der Waals surface area contributed by atoms with Gasteiger partial charge < -0.3 is 10.1 Å². The number of benzene rings is 2. The number of carbonyl (C=O) groups excluding carboxylic acids is 2. The van der Waals surface area contributed by atoms with Crippen LogP contribution in [0.4, 0.5) is 0 Å². The standard InChI is InChI=1S/C26H34BrN3O3/c1-2-3-4-5-6-7-11-14-25(31)28-19-26(32)30-29-18-22-17-23(27)15-16-24(22)33-20-21-12-9-8-10-13-21/h8-10,12-13,15-18H,2-7,11,14,19-20H2,1H3,(H,28,31)(H,30,32). The van der Waals surface area contributed by atoms with E-state index >= 15 is 0 Å².